The quantitative estimate of drug-likeness (QED) is 0.804. The van der Waals surface area contributed by atoms with E-state index in [2.05, 4.69) is 36.3 Å². The number of nitrogens with zero attached hydrogens (tertiary/aromatic N) is 4. The van der Waals surface area contributed by atoms with E-state index >= 15 is 0 Å². The second-order valence-electron chi connectivity index (χ2n) is 6.71. The second-order valence-corrected chi connectivity index (χ2v) is 6.71. The first-order valence-electron chi connectivity index (χ1n) is 7.85. The lowest BCUT2D eigenvalue weighted by atomic mass is 9.89. The van der Waals surface area contributed by atoms with Crippen molar-refractivity contribution in [2.75, 3.05) is 5.32 Å². The molecule has 1 N–H and O–H groups in total. The Labute approximate surface area is 141 Å². The first-order valence-corrected chi connectivity index (χ1v) is 7.85. The summed E-state index contributed by atoms with van der Waals surface area (Å²) in [4.78, 5) is 15.8. The number of amides is 1. The van der Waals surface area contributed by atoms with Crippen LogP contribution in [0, 0.1) is 6.92 Å². The molecular formula is C18H21N5O. The summed E-state index contributed by atoms with van der Waals surface area (Å²) in [6.45, 7) is 8.30. The van der Waals surface area contributed by atoms with Crippen molar-refractivity contribution in [1.82, 2.24) is 19.8 Å². The first kappa shape index (κ1) is 16.0. The highest BCUT2D eigenvalue weighted by atomic mass is 16.1. The Kier molecular flexibility index (Phi) is 3.97. The Hall–Kier alpha value is -2.89. The maximum absolute atomic E-state index is 12.4. The topological polar surface area (TPSA) is 64.7 Å². The molecule has 1 aromatic carbocycles. The second kappa shape index (κ2) is 5.96. The van der Waals surface area contributed by atoms with E-state index in [9.17, 15) is 4.79 Å². The maximum Gasteiger partial charge on any atom is 0.256 e. The van der Waals surface area contributed by atoms with Crippen LogP contribution < -0.4 is 5.32 Å². The third-order valence-corrected chi connectivity index (χ3v) is 3.77. The van der Waals surface area contributed by atoms with E-state index < -0.39 is 0 Å². The average molecular weight is 323 g/mol. The van der Waals surface area contributed by atoms with Crippen LogP contribution in [0.25, 0.3) is 0 Å². The van der Waals surface area contributed by atoms with E-state index in [4.69, 9.17) is 0 Å². The zero-order valence-corrected chi connectivity index (χ0v) is 14.3. The molecule has 0 unspecified atom stereocenters. The van der Waals surface area contributed by atoms with Crippen LogP contribution in [-0.2, 0) is 5.41 Å². The van der Waals surface area contributed by atoms with Crippen LogP contribution in [0.15, 0.2) is 48.8 Å². The number of benzene rings is 1. The van der Waals surface area contributed by atoms with Crippen molar-refractivity contribution in [3.05, 3.63) is 65.6 Å². The van der Waals surface area contributed by atoms with E-state index in [1.54, 1.807) is 27.9 Å². The van der Waals surface area contributed by atoms with Gasteiger partial charge in [-0.2, -0.15) is 14.7 Å². The van der Waals surface area contributed by atoms with Crippen molar-refractivity contribution in [3.63, 3.8) is 0 Å². The molecule has 2 heterocycles. The van der Waals surface area contributed by atoms with Crippen molar-refractivity contribution in [2.24, 2.45) is 0 Å². The van der Waals surface area contributed by atoms with Crippen molar-refractivity contribution in [2.45, 2.75) is 33.1 Å². The standard InChI is InChI=1S/C18H21N5O/c1-13-15(18(2,3)4)23(22-12-8-11-19-22)21-16(13)20-17(24)14-9-6-5-7-10-14/h5-12H,1-4H3,(H,20,21,24). The van der Waals surface area contributed by atoms with Crippen LogP contribution in [0.2, 0.25) is 0 Å². The third-order valence-electron chi connectivity index (χ3n) is 3.77. The van der Waals surface area contributed by atoms with Gasteiger partial charge in [0.25, 0.3) is 5.91 Å². The Morgan fingerprint density at radius 2 is 1.83 bits per heavy atom. The summed E-state index contributed by atoms with van der Waals surface area (Å²) < 4.78 is 0. The van der Waals surface area contributed by atoms with Gasteiger partial charge in [-0.25, -0.2) is 0 Å². The third kappa shape index (κ3) is 2.95. The largest absolute Gasteiger partial charge is 0.305 e. The molecule has 124 valence electrons. The molecule has 0 atom stereocenters. The molecule has 3 rings (SSSR count). The molecular weight excluding hydrogens is 302 g/mol. The number of carbonyl (C=O) groups is 1. The SMILES string of the molecule is Cc1c(NC(=O)c2ccccc2)nn(-n2cccn2)c1C(C)(C)C. The predicted molar refractivity (Wildman–Crippen MR) is 93.1 cm³/mol. The number of hydrogen-bond acceptors (Lipinski definition) is 3. The number of nitrogens with one attached hydrogen (secondary N) is 1. The summed E-state index contributed by atoms with van der Waals surface area (Å²) in [7, 11) is 0. The zero-order chi connectivity index (χ0) is 17.3. The van der Waals surface area contributed by atoms with Gasteiger partial charge in [0.15, 0.2) is 5.82 Å². The molecule has 0 saturated heterocycles. The van der Waals surface area contributed by atoms with Crippen LogP contribution in [0.5, 0.6) is 0 Å². The highest BCUT2D eigenvalue weighted by molar-refractivity contribution is 6.04. The summed E-state index contributed by atoms with van der Waals surface area (Å²) >= 11 is 0. The maximum atomic E-state index is 12.4. The molecule has 2 aromatic heterocycles. The van der Waals surface area contributed by atoms with Crippen molar-refractivity contribution in [3.8, 4) is 0 Å². The Balaban J connectivity index is 2.02. The Morgan fingerprint density at radius 3 is 2.42 bits per heavy atom. The van der Waals surface area contributed by atoms with E-state index in [0.717, 1.165) is 11.3 Å². The fraction of sp³-hybridized carbons (Fsp3) is 0.278. The summed E-state index contributed by atoms with van der Waals surface area (Å²) in [6, 6.07) is 11.0. The van der Waals surface area contributed by atoms with Crippen LogP contribution in [0.3, 0.4) is 0 Å². The van der Waals surface area contributed by atoms with Gasteiger partial charge in [0.2, 0.25) is 0 Å². The highest BCUT2D eigenvalue weighted by Gasteiger charge is 2.27. The molecule has 3 aromatic rings. The molecule has 0 bridgehead atoms. The summed E-state index contributed by atoms with van der Waals surface area (Å²) in [5.74, 6) is 0.369. The lowest BCUT2D eigenvalue weighted by molar-refractivity contribution is 0.102. The number of carbonyl (C=O) groups excluding carboxylic acids is 1. The van der Waals surface area contributed by atoms with Gasteiger partial charge in [-0.1, -0.05) is 39.0 Å². The summed E-state index contributed by atoms with van der Waals surface area (Å²) in [6.07, 6.45) is 3.52. The molecule has 0 saturated carbocycles. The molecule has 6 nitrogen and oxygen atoms in total. The van der Waals surface area contributed by atoms with Gasteiger partial charge in [-0.15, -0.1) is 5.10 Å². The molecule has 0 aliphatic rings. The monoisotopic (exact) mass is 323 g/mol. The van der Waals surface area contributed by atoms with Crippen molar-refractivity contribution < 1.29 is 4.79 Å². The molecule has 0 aliphatic heterocycles. The summed E-state index contributed by atoms with van der Waals surface area (Å²) in [5.41, 5.74) is 2.37. The van der Waals surface area contributed by atoms with Gasteiger partial charge < -0.3 is 5.32 Å². The van der Waals surface area contributed by atoms with Gasteiger partial charge in [-0.05, 0) is 25.1 Å². The average Bonchev–Trinajstić information content (AvgIpc) is 3.16. The van der Waals surface area contributed by atoms with Crippen molar-refractivity contribution >= 4 is 11.7 Å². The fourth-order valence-electron chi connectivity index (χ4n) is 2.75. The number of anilines is 1. The lowest BCUT2D eigenvalue weighted by Gasteiger charge is -2.21. The van der Waals surface area contributed by atoms with Crippen LogP contribution in [0.4, 0.5) is 5.82 Å². The van der Waals surface area contributed by atoms with E-state index in [1.807, 2.05) is 37.4 Å². The minimum atomic E-state index is -0.177. The van der Waals surface area contributed by atoms with Gasteiger partial charge >= 0.3 is 0 Å². The molecule has 0 aliphatic carbocycles. The van der Waals surface area contributed by atoms with Gasteiger partial charge in [0.05, 0.1) is 18.1 Å². The number of aromatic nitrogens is 4. The minimum Gasteiger partial charge on any atom is -0.305 e. The predicted octanol–water partition coefficient (Wildman–Crippen LogP) is 3.25. The van der Waals surface area contributed by atoms with Gasteiger partial charge in [-0.3, -0.25) is 4.79 Å². The highest BCUT2D eigenvalue weighted by Crippen LogP contribution is 2.30. The Bertz CT molecular complexity index is 842. The molecule has 24 heavy (non-hydrogen) atoms. The zero-order valence-electron chi connectivity index (χ0n) is 14.3. The number of hydrogen-bond donors (Lipinski definition) is 1. The Morgan fingerprint density at radius 1 is 1.12 bits per heavy atom. The van der Waals surface area contributed by atoms with Crippen LogP contribution in [0.1, 0.15) is 42.4 Å². The van der Waals surface area contributed by atoms with Crippen LogP contribution in [-0.4, -0.2) is 25.7 Å². The lowest BCUT2D eigenvalue weighted by Crippen LogP contribution is -2.24. The van der Waals surface area contributed by atoms with Crippen molar-refractivity contribution in [1.29, 1.82) is 0 Å². The fourth-order valence-corrected chi connectivity index (χ4v) is 2.75. The minimum absolute atomic E-state index is 0.154. The smallest absolute Gasteiger partial charge is 0.256 e. The molecule has 0 radical (unpaired) electrons. The van der Waals surface area contributed by atoms with Gasteiger partial charge in [0, 0.05) is 16.5 Å². The normalized spacial score (nSPS) is 11.5. The number of rotatable bonds is 3. The van der Waals surface area contributed by atoms with E-state index in [0.29, 0.717) is 11.4 Å². The summed E-state index contributed by atoms with van der Waals surface area (Å²) in [5, 5.41) is 11.7. The van der Waals surface area contributed by atoms with Crippen LogP contribution >= 0.6 is 0 Å². The van der Waals surface area contributed by atoms with E-state index in [1.165, 1.54) is 0 Å². The van der Waals surface area contributed by atoms with Gasteiger partial charge in [0.1, 0.15) is 0 Å². The molecule has 0 fully saturated rings. The van der Waals surface area contributed by atoms with E-state index in [-0.39, 0.29) is 11.3 Å². The first-order chi connectivity index (χ1) is 11.4. The molecule has 6 heteroatoms. The molecule has 1 amide bonds. The molecule has 0 spiro atoms.